The summed E-state index contributed by atoms with van der Waals surface area (Å²) in [5.74, 6) is -0.321. The Morgan fingerprint density at radius 3 is 2.65 bits per heavy atom. The zero-order valence-electron chi connectivity index (χ0n) is 12.3. The average molecular weight is 394 g/mol. The lowest BCUT2D eigenvalue weighted by atomic mass is 10.2. The summed E-state index contributed by atoms with van der Waals surface area (Å²) in [6, 6.07) is 11.2. The molecular weight excluding hydrogens is 378 g/mol. The second-order valence-corrected chi connectivity index (χ2v) is 6.52. The summed E-state index contributed by atoms with van der Waals surface area (Å²) in [6.45, 7) is 0. The number of rotatable bonds is 7. The number of hydrazone groups is 1. The van der Waals surface area contributed by atoms with Crippen LogP contribution in [0.5, 0.6) is 0 Å². The lowest BCUT2D eigenvalue weighted by Crippen LogP contribution is -2.18. The van der Waals surface area contributed by atoms with Crippen molar-refractivity contribution in [2.45, 2.75) is 19.3 Å². The van der Waals surface area contributed by atoms with Gasteiger partial charge >= 0.3 is 0 Å². The first kappa shape index (κ1) is 17.4. The van der Waals surface area contributed by atoms with Gasteiger partial charge in [0, 0.05) is 22.2 Å². The summed E-state index contributed by atoms with van der Waals surface area (Å²) in [7, 11) is 0. The van der Waals surface area contributed by atoms with Gasteiger partial charge in [0.15, 0.2) is 0 Å². The van der Waals surface area contributed by atoms with Gasteiger partial charge < -0.3 is 5.32 Å². The van der Waals surface area contributed by atoms with E-state index in [0.29, 0.717) is 6.42 Å². The highest BCUT2D eigenvalue weighted by Gasteiger charge is 2.06. The van der Waals surface area contributed by atoms with E-state index >= 15 is 0 Å². The summed E-state index contributed by atoms with van der Waals surface area (Å²) in [5.41, 5.74) is 3.18. The number of para-hydroxylation sites is 1. The van der Waals surface area contributed by atoms with Gasteiger partial charge in [0.25, 0.3) is 0 Å². The van der Waals surface area contributed by atoms with Crippen molar-refractivity contribution in [3.8, 4) is 0 Å². The van der Waals surface area contributed by atoms with Crippen LogP contribution in [0.2, 0.25) is 0 Å². The summed E-state index contributed by atoms with van der Waals surface area (Å²) >= 11 is 4.91. The van der Waals surface area contributed by atoms with Crippen molar-refractivity contribution < 1.29 is 9.59 Å². The van der Waals surface area contributed by atoms with E-state index in [4.69, 9.17) is 0 Å². The molecule has 2 N–H and O–H groups in total. The SMILES string of the molecule is O=C(CCCC(=O)Nc1ccccc1Br)NN=Cc1cccs1. The smallest absolute Gasteiger partial charge is 0.240 e. The number of benzene rings is 1. The number of nitrogens with zero attached hydrogens (tertiary/aromatic N) is 1. The van der Waals surface area contributed by atoms with E-state index in [2.05, 4.69) is 31.8 Å². The Morgan fingerprint density at radius 1 is 1.13 bits per heavy atom. The van der Waals surface area contributed by atoms with E-state index in [9.17, 15) is 9.59 Å². The Hall–Kier alpha value is -1.99. The molecule has 0 saturated heterocycles. The Kier molecular flexibility index (Phi) is 6.96. The average Bonchev–Trinajstić information content (AvgIpc) is 3.03. The Balaban J connectivity index is 1.65. The van der Waals surface area contributed by atoms with Crippen molar-refractivity contribution in [3.05, 3.63) is 51.1 Å². The number of carbonyl (C=O) groups is 2. The topological polar surface area (TPSA) is 70.6 Å². The first-order valence-electron chi connectivity index (χ1n) is 7.05. The number of hydrogen-bond donors (Lipinski definition) is 2. The number of anilines is 1. The summed E-state index contributed by atoms with van der Waals surface area (Å²) < 4.78 is 0.828. The van der Waals surface area contributed by atoms with Crippen molar-refractivity contribution in [1.82, 2.24) is 5.43 Å². The number of halogens is 1. The van der Waals surface area contributed by atoms with Gasteiger partial charge in [-0.05, 0) is 45.9 Å². The molecule has 0 aliphatic heterocycles. The second kappa shape index (κ2) is 9.22. The molecule has 0 spiro atoms. The van der Waals surface area contributed by atoms with E-state index in [1.54, 1.807) is 17.6 Å². The number of hydrogen-bond acceptors (Lipinski definition) is 4. The first-order chi connectivity index (χ1) is 11.1. The van der Waals surface area contributed by atoms with Gasteiger partial charge in [0.05, 0.1) is 11.9 Å². The Morgan fingerprint density at radius 2 is 1.91 bits per heavy atom. The van der Waals surface area contributed by atoms with Crippen LogP contribution >= 0.6 is 27.3 Å². The fourth-order valence-electron chi connectivity index (χ4n) is 1.77. The zero-order chi connectivity index (χ0) is 16.5. The molecule has 120 valence electrons. The minimum atomic E-state index is -0.202. The molecule has 0 radical (unpaired) electrons. The molecule has 7 heteroatoms. The quantitative estimate of drug-likeness (QED) is 0.555. The predicted molar refractivity (Wildman–Crippen MR) is 96.7 cm³/mol. The van der Waals surface area contributed by atoms with Gasteiger partial charge in [-0.15, -0.1) is 11.3 Å². The normalized spacial score (nSPS) is 10.7. The van der Waals surface area contributed by atoms with Crippen LogP contribution in [0.25, 0.3) is 0 Å². The third-order valence-corrected chi connectivity index (χ3v) is 4.38. The standard InChI is InChI=1S/C16H16BrN3O2S/c17-13-6-1-2-7-14(13)19-15(21)8-3-9-16(22)20-18-11-12-5-4-10-23-12/h1-2,4-7,10-11H,3,8-9H2,(H,19,21)(H,20,22). The largest absolute Gasteiger partial charge is 0.325 e. The fourth-order valence-corrected chi connectivity index (χ4v) is 2.74. The van der Waals surface area contributed by atoms with Gasteiger partial charge in [-0.2, -0.15) is 5.10 Å². The summed E-state index contributed by atoms with van der Waals surface area (Å²) in [5, 5.41) is 8.61. The second-order valence-electron chi connectivity index (χ2n) is 4.69. The molecule has 2 amide bonds. The molecule has 0 fully saturated rings. The van der Waals surface area contributed by atoms with Gasteiger partial charge in [0.1, 0.15) is 0 Å². The molecule has 0 aliphatic rings. The lowest BCUT2D eigenvalue weighted by Gasteiger charge is -2.06. The third-order valence-electron chi connectivity index (χ3n) is 2.88. The highest BCUT2D eigenvalue weighted by molar-refractivity contribution is 9.10. The van der Waals surface area contributed by atoms with Crippen molar-refractivity contribution >= 4 is 51.0 Å². The Bertz CT molecular complexity index is 686. The van der Waals surface area contributed by atoms with E-state index in [1.165, 1.54) is 0 Å². The zero-order valence-corrected chi connectivity index (χ0v) is 14.7. The number of nitrogens with one attached hydrogen (secondary N) is 2. The Labute approximate surface area is 146 Å². The maximum atomic E-state index is 11.8. The molecule has 1 aromatic carbocycles. The number of carbonyl (C=O) groups excluding carboxylic acids is 2. The monoisotopic (exact) mass is 393 g/mol. The maximum absolute atomic E-state index is 11.8. The maximum Gasteiger partial charge on any atom is 0.240 e. The predicted octanol–water partition coefficient (Wildman–Crippen LogP) is 3.77. The van der Waals surface area contributed by atoms with Crippen LogP contribution in [0.15, 0.2) is 51.4 Å². The fraction of sp³-hybridized carbons (Fsp3) is 0.188. The van der Waals surface area contributed by atoms with Crippen LogP contribution in [-0.4, -0.2) is 18.0 Å². The lowest BCUT2D eigenvalue weighted by molar-refractivity contribution is -0.121. The van der Waals surface area contributed by atoms with Crippen molar-refractivity contribution in [2.75, 3.05) is 5.32 Å². The molecular formula is C16H16BrN3O2S. The number of amides is 2. The molecule has 2 rings (SSSR count). The highest BCUT2D eigenvalue weighted by atomic mass is 79.9. The van der Waals surface area contributed by atoms with Crippen LogP contribution in [0.3, 0.4) is 0 Å². The third kappa shape index (κ3) is 6.33. The molecule has 0 bridgehead atoms. The van der Waals surface area contributed by atoms with Gasteiger partial charge in [-0.3, -0.25) is 9.59 Å². The van der Waals surface area contributed by atoms with Crippen molar-refractivity contribution in [3.63, 3.8) is 0 Å². The van der Waals surface area contributed by atoms with Crippen molar-refractivity contribution in [2.24, 2.45) is 5.10 Å². The van der Waals surface area contributed by atoms with Crippen LogP contribution in [0, 0.1) is 0 Å². The van der Waals surface area contributed by atoms with Gasteiger partial charge in [-0.1, -0.05) is 18.2 Å². The van der Waals surface area contributed by atoms with Gasteiger partial charge in [0.2, 0.25) is 11.8 Å². The molecule has 0 saturated carbocycles. The van der Waals surface area contributed by atoms with Gasteiger partial charge in [-0.25, -0.2) is 5.43 Å². The molecule has 2 aromatic rings. The molecule has 1 aromatic heterocycles. The molecule has 1 heterocycles. The van der Waals surface area contributed by atoms with Crippen LogP contribution in [0.4, 0.5) is 5.69 Å². The molecule has 23 heavy (non-hydrogen) atoms. The summed E-state index contributed by atoms with van der Waals surface area (Å²) in [6.07, 6.45) is 2.60. The molecule has 0 unspecified atom stereocenters. The minimum Gasteiger partial charge on any atom is -0.325 e. The van der Waals surface area contributed by atoms with Crippen LogP contribution in [0.1, 0.15) is 24.1 Å². The van der Waals surface area contributed by atoms with E-state index in [-0.39, 0.29) is 24.7 Å². The molecule has 5 nitrogen and oxygen atoms in total. The first-order valence-corrected chi connectivity index (χ1v) is 8.72. The van der Waals surface area contributed by atoms with E-state index in [0.717, 1.165) is 15.0 Å². The van der Waals surface area contributed by atoms with E-state index in [1.807, 2.05) is 41.8 Å². The molecule has 0 atom stereocenters. The number of thiophene rings is 1. The van der Waals surface area contributed by atoms with E-state index < -0.39 is 0 Å². The minimum absolute atomic E-state index is 0.119. The highest BCUT2D eigenvalue weighted by Crippen LogP contribution is 2.21. The van der Waals surface area contributed by atoms with Crippen LogP contribution < -0.4 is 10.7 Å². The summed E-state index contributed by atoms with van der Waals surface area (Å²) in [4.78, 5) is 24.4. The van der Waals surface area contributed by atoms with Crippen molar-refractivity contribution in [1.29, 1.82) is 0 Å². The molecule has 0 aliphatic carbocycles. The van der Waals surface area contributed by atoms with Crippen LogP contribution in [-0.2, 0) is 9.59 Å².